The maximum Gasteiger partial charge on any atom is 0.138 e. The molecule has 0 saturated carbocycles. The molecule has 0 fully saturated rings. The lowest BCUT2D eigenvalue weighted by Gasteiger charge is -1.96. The van der Waals surface area contributed by atoms with Crippen molar-refractivity contribution in [1.29, 1.82) is 0 Å². The monoisotopic (exact) mass is 196 g/mol. The number of nitrogens with one attached hydrogen (secondary N) is 1. The zero-order valence-electron chi connectivity index (χ0n) is 7.84. The van der Waals surface area contributed by atoms with Gasteiger partial charge in [0.1, 0.15) is 5.82 Å². The van der Waals surface area contributed by atoms with Crippen molar-refractivity contribution in [2.45, 2.75) is 13.8 Å². The van der Waals surface area contributed by atoms with E-state index >= 15 is 0 Å². The standard InChI is InChI=1S/C10H13ClN2/c1-7(2)6-13-10-9(8(3)11)4-5-12-10/h4-7,12H,3H2,1-2H3. The van der Waals surface area contributed by atoms with Crippen molar-refractivity contribution >= 4 is 28.7 Å². The van der Waals surface area contributed by atoms with Gasteiger partial charge in [0.05, 0.1) is 0 Å². The van der Waals surface area contributed by atoms with Crippen LogP contribution in [0, 0.1) is 5.92 Å². The van der Waals surface area contributed by atoms with Gasteiger partial charge in [-0.3, -0.25) is 0 Å². The van der Waals surface area contributed by atoms with E-state index in [0.29, 0.717) is 11.0 Å². The zero-order chi connectivity index (χ0) is 9.84. The summed E-state index contributed by atoms with van der Waals surface area (Å²) in [6.45, 7) is 7.80. The van der Waals surface area contributed by atoms with Crippen LogP contribution in [0.4, 0.5) is 5.82 Å². The fraction of sp³-hybridized carbons (Fsp3) is 0.300. The Morgan fingerprint density at radius 3 is 2.92 bits per heavy atom. The number of H-pyrrole nitrogens is 1. The quantitative estimate of drug-likeness (QED) is 0.716. The zero-order valence-corrected chi connectivity index (χ0v) is 8.60. The number of halogens is 1. The number of rotatable bonds is 3. The molecule has 0 radical (unpaired) electrons. The highest BCUT2D eigenvalue weighted by atomic mass is 35.5. The Morgan fingerprint density at radius 1 is 1.69 bits per heavy atom. The minimum absolute atomic E-state index is 0.430. The number of nitrogens with zero attached hydrogens (tertiary/aromatic N) is 1. The largest absolute Gasteiger partial charge is 0.346 e. The van der Waals surface area contributed by atoms with Crippen LogP contribution in [-0.4, -0.2) is 11.2 Å². The van der Waals surface area contributed by atoms with E-state index in [-0.39, 0.29) is 0 Å². The highest BCUT2D eigenvalue weighted by Crippen LogP contribution is 2.26. The molecule has 0 unspecified atom stereocenters. The number of hydrogen-bond acceptors (Lipinski definition) is 1. The van der Waals surface area contributed by atoms with Gasteiger partial charge in [-0.15, -0.1) is 0 Å². The van der Waals surface area contributed by atoms with Gasteiger partial charge < -0.3 is 4.98 Å². The van der Waals surface area contributed by atoms with E-state index in [1.807, 2.05) is 12.3 Å². The summed E-state index contributed by atoms with van der Waals surface area (Å²) in [5, 5.41) is 0.511. The summed E-state index contributed by atoms with van der Waals surface area (Å²) < 4.78 is 0. The van der Waals surface area contributed by atoms with Gasteiger partial charge in [0.25, 0.3) is 0 Å². The second kappa shape index (κ2) is 4.28. The third-order valence-electron chi connectivity index (χ3n) is 1.52. The Morgan fingerprint density at radius 2 is 2.38 bits per heavy atom. The Hall–Kier alpha value is -1.02. The summed E-state index contributed by atoms with van der Waals surface area (Å²) in [6.07, 6.45) is 3.67. The lowest BCUT2D eigenvalue weighted by molar-refractivity contribution is 0.906. The molecule has 0 aliphatic heterocycles. The lowest BCUT2D eigenvalue weighted by Crippen LogP contribution is -1.86. The van der Waals surface area contributed by atoms with Gasteiger partial charge in [-0.2, -0.15) is 0 Å². The average Bonchev–Trinajstić information content (AvgIpc) is 2.47. The SMILES string of the molecule is C=C(Cl)c1cc[nH]c1N=CC(C)C. The van der Waals surface area contributed by atoms with Gasteiger partial charge in [0.2, 0.25) is 0 Å². The topological polar surface area (TPSA) is 28.1 Å². The van der Waals surface area contributed by atoms with Crippen molar-refractivity contribution < 1.29 is 0 Å². The molecule has 0 amide bonds. The van der Waals surface area contributed by atoms with Gasteiger partial charge in [-0.25, -0.2) is 4.99 Å². The summed E-state index contributed by atoms with van der Waals surface area (Å²) in [5.74, 6) is 1.20. The summed E-state index contributed by atoms with van der Waals surface area (Å²) in [4.78, 5) is 7.26. The lowest BCUT2D eigenvalue weighted by atomic mass is 10.2. The maximum atomic E-state index is 5.78. The second-order valence-electron chi connectivity index (χ2n) is 3.17. The molecular formula is C10H13ClN2. The van der Waals surface area contributed by atoms with E-state index < -0.39 is 0 Å². The first-order valence-corrected chi connectivity index (χ1v) is 4.55. The van der Waals surface area contributed by atoms with Crippen LogP contribution in [0.1, 0.15) is 19.4 Å². The first-order valence-electron chi connectivity index (χ1n) is 4.17. The van der Waals surface area contributed by atoms with Crippen molar-refractivity contribution in [1.82, 2.24) is 4.98 Å². The first-order chi connectivity index (χ1) is 6.11. The molecule has 0 aromatic carbocycles. The Labute approximate surface area is 83.3 Å². The predicted molar refractivity (Wildman–Crippen MR) is 58.7 cm³/mol. The molecule has 0 spiro atoms. The molecule has 3 heteroatoms. The van der Waals surface area contributed by atoms with Crippen molar-refractivity contribution in [3.8, 4) is 0 Å². The van der Waals surface area contributed by atoms with Crippen LogP contribution >= 0.6 is 11.6 Å². The number of aliphatic imine (C=N–C) groups is 1. The molecule has 70 valence electrons. The molecule has 0 bridgehead atoms. The van der Waals surface area contributed by atoms with Crippen LogP contribution in [-0.2, 0) is 0 Å². The maximum absolute atomic E-state index is 5.78. The molecule has 0 saturated heterocycles. The smallest absolute Gasteiger partial charge is 0.138 e. The molecular weight excluding hydrogens is 184 g/mol. The summed E-state index contributed by atoms with van der Waals surface area (Å²) in [6, 6.07) is 1.86. The van der Waals surface area contributed by atoms with E-state index in [1.165, 1.54) is 0 Å². The minimum atomic E-state index is 0.430. The Balaban J connectivity index is 2.88. The van der Waals surface area contributed by atoms with Crippen LogP contribution in [0.15, 0.2) is 23.8 Å². The van der Waals surface area contributed by atoms with Crippen LogP contribution in [0.5, 0.6) is 0 Å². The van der Waals surface area contributed by atoms with Crippen LogP contribution in [0.3, 0.4) is 0 Å². The summed E-state index contributed by atoms with van der Waals surface area (Å²) in [7, 11) is 0. The third-order valence-corrected chi connectivity index (χ3v) is 1.72. The molecule has 0 aliphatic carbocycles. The molecule has 1 heterocycles. The number of aromatic nitrogens is 1. The summed E-state index contributed by atoms with van der Waals surface area (Å²) in [5.41, 5.74) is 0.860. The second-order valence-corrected chi connectivity index (χ2v) is 3.62. The van der Waals surface area contributed by atoms with Crippen LogP contribution < -0.4 is 0 Å². The molecule has 2 nitrogen and oxygen atoms in total. The molecule has 1 aromatic heterocycles. The van der Waals surface area contributed by atoms with Gasteiger partial charge in [-0.05, 0) is 12.0 Å². The van der Waals surface area contributed by atoms with E-state index in [2.05, 4.69) is 30.4 Å². The van der Waals surface area contributed by atoms with Crippen LogP contribution in [0.2, 0.25) is 0 Å². The fourth-order valence-corrected chi connectivity index (χ4v) is 1.06. The van der Waals surface area contributed by atoms with Gasteiger partial charge >= 0.3 is 0 Å². The predicted octanol–water partition coefficient (Wildman–Crippen LogP) is 3.58. The van der Waals surface area contributed by atoms with Gasteiger partial charge in [0.15, 0.2) is 0 Å². The minimum Gasteiger partial charge on any atom is -0.346 e. The van der Waals surface area contributed by atoms with Crippen molar-refractivity contribution in [3.05, 3.63) is 24.4 Å². The Bertz CT molecular complexity index is 323. The van der Waals surface area contributed by atoms with Gasteiger partial charge in [0, 0.05) is 23.0 Å². The molecule has 1 rings (SSSR count). The van der Waals surface area contributed by atoms with Crippen molar-refractivity contribution in [2.24, 2.45) is 10.9 Å². The van der Waals surface area contributed by atoms with E-state index in [4.69, 9.17) is 11.6 Å². The normalized spacial score (nSPS) is 11.4. The van der Waals surface area contributed by atoms with Crippen molar-refractivity contribution in [3.63, 3.8) is 0 Å². The average molecular weight is 197 g/mol. The van der Waals surface area contributed by atoms with E-state index in [1.54, 1.807) is 6.20 Å². The molecule has 0 aliphatic rings. The van der Waals surface area contributed by atoms with Gasteiger partial charge in [-0.1, -0.05) is 32.0 Å². The third kappa shape index (κ3) is 2.74. The Kier molecular flexibility index (Phi) is 3.32. The van der Waals surface area contributed by atoms with Crippen LogP contribution in [0.25, 0.3) is 5.03 Å². The molecule has 0 atom stereocenters. The highest BCUT2D eigenvalue weighted by molar-refractivity contribution is 6.48. The number of aromatic amines is 1. The fourth-order valence-electron chi connectivity index (χ4n) is 0.910. The highest BCUT2D eigenvalue weighted by Gasteiger charge is 2.03. The van der Waals surface area contributed by atoms with E-state index in [9.17, 15) is 0 Å². The molecule has 1 aromatic rings. The number of hydrogen-bond donors (Lipinski definition) is 1. The van der Waals surface area contributed by atoms with Crippen molar-refractivity contribution in [2.75, 3.05) is 0 Å². The molecule has 13 heavy (non-hydrogen) atoms. The summed E-state index contributed by atoms with van der Waals surface area (Å²) >= 11 is 5.78. The first kappa shape index (κ1) is 10.1. The van der Waals surface area contributed by atoms with E-state index in [0.717, 1.165) is 11.4 Å². The molecule has 1 N–H and O–H groups in total.